The van der Waals surface area contributed by atoms with Gasteiger partial charge in [-0.05, 0) is 54.7 Å². The molecule has 0 spiro atoms. The molecule has 4 atom stereocenters. The molecule has 5 rings (SSSR count). The van der Waals surface area contributed by atoms with Gasteiger partial charge in [-0.1, -0.05) is 12.2 Å². The quantitative estimate of drug-likeness (QED) is 0.377. The highest BCUT2D eigenvalue weighted by atomic mass is 19.1. The summed E-state index contributed by atoms with van der Waals surface area (Å²) in [5.41, 5.74) is 1.80. The summed E-state index contributed by atoms with van der Waals surface area (Å²) in [4.78, 5) is 40.0. The van der Waals surface area contributed by atoms with Crippen LogP contribution in [-0.4, -0.2) is 49.6 Å². The molecule has 9 heteroatoms. The number of benzene rings is 2. The van der Waals surface area contributed by atoms with Gasteiger partial charge in [-0.3, -0.25) is 14.4 Å². The van der Waals surface area contributed by atoms with E-state index in [0.29, 0.717) is 17.0 Å². The van der Waals surface area contributed by atoms with Gasteiger partial charge in [-0.15, -0.1) is 0 Å². The van der Waals surface area contributed by atoms with Gasteiger partial charge in [0.15, 0.2) is 6.61 Å². The Bertz CT molecular complexity index is 1210. The van der Waals surface area contributed by atoms with E-state index in [-0.39, 0.29) is 42.1 Å². The molecule has 1 saturated heterocycles. The molecule has 1 aliphatic heterocycles. The molecular weight excluding hydrogens is 451 g/mol. The van der Waals surface area contributed by atoms with E-state index in [9.17, 15) is 18.8 Å². The van der Waals surface area contributed by atoms with Gasteiger partial charge in [0.25, 0.3) is 17.7 Å². The number of amides is 3. The first-order valence-corrected chi connectivity index (χ1v) is 11.4. The van der Waals surface area contributed by atoms with Crippen molar-refractivity contribution < 1.29 is 23.5 Å². The number of hydrogen-bond donors (Lipinski definition) is 1. The highest BCUT2D eigenvalue weighted by Crippen LogP contribution is 2.52. The largest absolute Gasteiger partial charge is 0.483 e. The van der Waals surface area contributed by atoms with Crippen molar-refractivity contribution in [2.45, 2.75) is 6.42 Å². The van der Waals surface area contributed by atoms with Crippen LogP contribution in [-0.2, 0) is 14.4 Å². The first kappa shape index (κ1) is 22.8. The fourth-order valence-corrected chi connectivity index (χ4v) is 5.03. The van der Waals surface area contributed by atoms with Crippen molar-refractivity contribution in [3.63, 3.8) is 0 Å². The van der Waals surface area contributed by atoms with E-state index in [1.54, 1.807) is 12.1 Å². The Morgan fingerprint density at radius 1 is 1.11 bits per heavy atom. The lowest BCUT2D eigenvalue weighted by atomic mass is 9.85. The van der Waals surface area contributed by atoms with Gasteiger partial charge in [0, 0.05) is 37.1 Å². The number of carbonyl (C=O) groups is 3. The Morgan fingerprint density at radius 2 is 1.77 bits per heavy atom. The summed E-state index contributed by atoms with van der Waals surface area (Å²) in [5.74, 6) is -1.40. The highest BCUT2D eigenvalue weighted by molar-refractivity contribution is 6.07. The maximum absolute atomic E-state index is 13.1. The number of allylic oxidation sites excluding steroid dienone is 2. The summed E-state index contributed by atoms with van der Waals surface area (Å²) in [6.07, 6.45) is 6.34. The predicted molar refractivity (Wildman–Crippen MR) is 128 cm³/mol. The molecule has 180 valence electrons. The summed E-state index contributed by atoms with van der Waals surface area (Å²) < 4.78 is 18.9. The zero-order valence-electron chi connectivity index (χ0n) is 19.3. The monoisotopic (exact) mass is 476 g/mol. The normalized spacial score (nSPS) is 24.4. The summed E-state index contributed by atoms with van der Waals surface area (Å²) in [7, 11) is 3.74. The van der Waals surface area contributed by atoms with Crippen LogP contribution >= 0.6 is 0 Å². The lowest BCUT2D eigenvalue weighted by Gasteiger charge is -2.16. The zero-order chi connectivity index (χ0) is 24.7. The first-order valence-electron chi connectivity index (χ1n) is 11.4. The van der Waals surface area contributed by atoms with Crippen molar-refractivity contribution in [2.75, 3.05) is 30.9 Å². The third kappa shape index (κ3) is 4.29. The molecule has 0 aromatic heterocycles. The minimum Gasteiger partial charge on any atom is -0.483 e. The van der Waals surface area contributed by atoms with Crippen LogP contribution in [0.3, 0.4) is 0 Å². The minimum atomic E-state index is -0.421. The van der Waals surface area contributed by atoms with E-state index in [4.69, 9.17) is 4.74 Å². The summed E-state index contributed by atoms with van der Waals surface area (Å²) >= 11 is 0. The molecule has 2 aromatic rings. The number of ether oxygens (including phenoxy) is 1. The van der Waals surface area contributed by atoms with Crippen LogP contribution in [0.4, 0.5) is 15.8 Å². The molecule has 1 heterocycles. The second-order valence-corrected chi connectivity index (χ2v) is 9.19. The number of nitrogens with zero attached hydrogens (tertiary/aromatic N) is 3. The molecule has 3 aliphatic rings. The minimum absolute atomic E-state index is 0.111. The van der Waals surface area contributed by atoms with Gasteiger partial charge in [0.2, 0.25) is 0 Å². The number of imide groups is 1. The average Bonchev–Trinajstić information content (AvgIpc) is 3.52. The third-order valence-electron chi connectivity index (χ3n) is 6.76. The third-order valence-corrected chi connectivity index (χ3v) is 6.76. The van der Waals surface area contributed by atoms with E-state index >= 15 is 0 Å². The Hall–Kier alpha value is -4.01. The number of hydrogen-bond acceptors (Lipinski definition) is 6. The van der Waals surface area contributed by atoms with Crippen LogP contribution in [0.15, 0.2) is 59.7 Å². The molecule has 0 unspecified atom stereocenters. The van der Waals surface area contributed by atoms with Gasteiger partial charge in [-0.25, -0.2) is 4.39 Å². The maximum atomic E-state index is 13.1. The topological polar surface area (TPSA) is 91.3 Å². The second-order valence-electron chi connectivity index (χ2n) is 9.19. The lowest BCUT2D eigenvalue weighted by molar-refractivity contribution is -0.140. The molecule has 3 amide bonds. The smallest absolute Gasteiger partial charge is 0.262 e. The second kappa shape index (κ2) is 8.98. The Kier molecular flexibility index (Phi) is 5.84. The van der Waals surface area contributed by atoms with E-state index in [2.05, 4.69) is 10.4 Å². The Balaban J connectivity index is 1.31. The molecule has 2 aliphatic carbocycles. The molecule has 1 N–H and O–H groups in total. The fourth-order valence-electron chi connectivity index (χ4n) is 5.03. The predicted octanol–water partition coefficient (Wildman–Crippen LogP) is 3.05. The van der Waals surface area contributed by atoms with Crippen molar-refractivity contribution in [2.24, 2.45) is 28.8 Å². The highest BCUT2D eigenvalue weighted by Gasteiger charge is 2.59. The van der Waals surface area contributed by atoms with E-state index in [0.717, 1.165) is 17.1 Å². The molecule has 2 bridgehead atoms. The fraction of sp³-hybridized carbons (Fsp3) is 0.308. The zero-order valence-corrected chi connectivity index (χ0v) is 19.3. The van der Waals surface area contributed by atoms with Crippen LogP contribution in [0.2, 0.25) is 0 Å². The van der Waals surface area contributed by atoms with Crippen molar-refractivity contribution in [1.82, 2.24) is 5.01 Å². The number of fused-ring (bicyclic) bond motifs is 5. The van der Waals surface area contributed by atoms with Gasteiger partial charge in [0.1, 0.15) is 11.6 Å². The van der Waals surface area contributed by atoms with Gasteiger partial charge in [-0.2, -0.15) is 10.1 Å². The van der Waals surface area contributed by atoms with Crippen molar-refractivity contribution >= 4 is 35.3 Å². The molecule has 2 aromatic carbocycles. The average molecular weight is 477 g/mol. The number of carbonyl (C=O) groups excluding carboxylic acids is 3. The van der Waals surface area contributed by atoms with Crippen LogP contribution in [0, 0.1) is 29.5 Å². The molecule has 8 nitrogen and oxygen atoms in total. The van der Waals surface area contributed by atoms with E-state index in [1.165, 1.54) is 30.5 Å². The van der Waals surface area contributed by atoms with E-state index < -0.39 is 11.7 Å². The standard InChI is InChI=1S/C26H25FN4O4/c1-30(2)20-10-5-17(21(12-20)35-14-22(32)29-19-8-6-18(27)7-9-19)13-28-31-25(33)23-15-3-4-16(11-15)24(23)26(31)34/h3-10,12-13,15-16,23-24H,11,14H2,1-2H3,(H,29,32)/t15-,16-,23-,24+/m0/s1. The number of nitrogens with one attached hydrogen (secondary N) is 1. The van der Waals surface area contributed by atoms with Crippen LogP contribution < -0.4 is 15.0 Å². The van der Waals surface area contributed by atoms with Crippen LogP contribution in [0.5, 0.6) is 5.75 Å². The lowest BCUT2D eigenvalue weighted by Crippen LogP contribution is -2.28. The Labute approximate surface area is 202 Å². The van der Waals surface area contributed by atoms with E-state index in [1.807, 2.05) is 37.2 Å². The van der Waals surface area contributed by atoms with Crippen molar-refractivity contribution in [3.05, 3.63) is 66.0 Å². The molecule has 0 radical (unpaired) electrons. The summed E-state index contributed by atoms with van der Waals surface area (Å²) in [6.45, 7) is -0.296. The molecule has 2 fully saturated rings. The Morgan fingerprint density at radius 3 is 2.40 bits per heavy atom. The first-order chi connectivity index (χ1) is 16.8. The molecule has 35 heavy (non-hydrogen) atoms. The van der Waals surface area contributed by atoms with Gasteiger partial charge in [0.05, 0.1) is 18.1 Å². The van der Waals surface area contributed by atoms with Gasteiger partial charge >= 0.3 is 0 Å². The van der Waals surface area contributed by atoms with Crippen LogP contribution in [0.1, 0.15) is 12.0 Å². The molecular formula is C26H25FN4O4. The summed E-state index contributed by atoms with van der Waals surface area (Å²) in [6, 6.07) is 10.8. The van der Waals surface area contributed by atoms with Crippen LogP contribution in [0.25, 0.3) is 0 Å². The SMILES string of the molecule is CN(C)c1ccc(C=NN2C(=O)[C@@H]3[C@H](C2=O)[C@H]2C=C[C@H]3C2)c(OCC(=O)Nc2ccc(F)cc2)c1. The number of halogens is 1. The van der Waals surface area contributed by atoms with Crippen molar-refractivity contribution in [3.8, 4) is 5.75 Å². The van der Waals surface area contributed by atoms with Crippen molar-refractivity contribution in [1.29, 1.82) is 0 Å². The number of rotatable bonds is 7. The molecule has 1 saturated carbocycles. The number of anilines is 2. The van der Waals surface area contributed by atoms with Gasteiger partial charge < -0.3 is 15.0 Å². The maximum Gasteiger partial charge on any atom is 0.262 e. The summed E-state index contributed by atoms with van der Waals surface area (Å²) in [5, 5.41) is 7.85. The number of hydrazone groups is 1.